The average molecular weight is 161 g/mol. The molecule has 1 rings (SSSR count). The Morgan fingerprint density at radius 1 is 1.17 bits per heavy atom. The smallest absolute Gasteiger partial charge is 0.00190 e. The summed E-state index contributed by atoms with van der Waals surface area (Å²) >= 11 is 0. The molecule has 1 radical (unpaired) electrons. The van der Waals surface area contributed by atoms with E-state index in [1.54, 1.807) is 0 Å². The molecule has 0 atom stereocenters. The van der Waals surface area contributed by atoms with Crippen LogP contribution in [-0.2, 0) is 6.42 Å². The molecule has 0 saturated carbocycles. The van der Waals surface area contributed by atoms with Crippen LogP contribution in [0.3, 0.4) is 0 Å². The Balaban J connectivity index is 2.96. The third-order valence-corrected chi connectivity index (χ3v) is 2.39. The Bertz CT molecular complexity index is 238. The summed E-state index contributed by atoms with van der Waals surface area (Å²) in [6, 6.07) is 8.67. The Hall–Kier alpha value is -0.780. The molecule has 12 heavy (non-hydrogen) atoms. The summed E-state index contributed by atoms with van der Waals surface area (Å²) in [6.07, 6.45) is 2.28. The summed E-state index contributed by atoms with van der Waals surface area (Å²) in [6.45, 7) is 6.64. The molecule has 0 aliphatic rings. The van der Waals surface area contributed by atoms with Crippen LogP contribution in [0.4, 0.5) is 0 Å². The SMILES string of the molecule is CC[C](C)c1ccccc1CC. The minimum Gasteiger partial charge on any atom is -0.0645 e. The first-order valence-corrected chi connectivity index (χ1v) is 4.70. The van der Waals surface area contributed by atoms with Crippen molar-refractivity contribution in [2.45, 2.75) is 33.6 Å². The summed E-state index contributed by atoms with van der Waals surface area (Å²) in [7, 11) is 0. The molecule has 0 heteroatoms. The monoisotopic (exact) mass is 161 g/mol. The molecule has 0 spiro atoms. The average Bonchev–Trinajstić information content (AvgIpc) is 2.16. The summed E-state index contributed by atoms with van der Waals surface area (Å²) in [5, 5.41) is 0. The highest BCUT2D eigenvalue weighted by Crippen LogP contribution is 2.21. The predicted molar refractivity (Wildman–Crippen MR) is 54.1 cm³/mol. The van der Waals surface area contributed by atoms with Crippen molar-refractivity contribution >= 4 is 0 Å². The summed E-state index contributed by atoms with van der Waals surface area (Å²) in [5.41, 5.74) is 2.92. The van der Waals surface area contributed by atoms with E-state index in [0.717, 1.165) is 12.8 Å². The van der Waals surface area contributed by atoms with Gasteiger partial charge in [0.15, 0.2) is 0 Å². The largest absolute Gasteiger partial charge is 0.0645 e. The van der Waals surface area contributed by atoms with Gasteiger partial charge in [-0.1, -0.05) is 45.0 Å². The van der Waals surface area contributed by atoms with Gasteiger partial charge in [0, 0.05) is 5.92 Å². The lowest BCUT2D eigenvalue weighted by atomic mass is 9.93. The van der Waals surface area contributed by atoms with E-state index in [4.69, 9.17) is 0 Å². The number of aryl methyl sites for hydroxylation is 1. The first kappa shape index (κ1) is 9.31. The zero-order valence-corrected chi connectivity index (χ0v) is 8.22. The van der Waals surface area contributed by atoms with Crippen LogP contribution in [0.1, 0.15) is 38.3 Å². The molecule has 0 nitrogen and oxygen atoms in total. The number of hydrogen-bond acceptors (Lipinski definition) is 0. The molecule has 0 heterocycles. The maximum absolute atomic E-state index is 2.22. The van der Waals surface area contributed by atoms with Crippen LogP contribution in [0.15, 0.2) is 24.3 Å². The van der Waals surface area contributed by atoms with Gasteiger partial charge in [0.05, 0.1) is 0 Å². The van der Waals surface area contributed by atoms with Crippen LogP contribution in [0.5, 0.6) is 0 Å². The standard InChI is InChI=1S/C12H17/c1-4-10(3)12-9-7-6-8-11(12)5-2/h6-9H,4-5H2,1-3H3. The zero-order valence-electron chi connectivity index (χ0n) is 8.22. The van der Waals surface area contributed by atoms with Crippen molar-refractivity contribution in [2.75, 3.05) is 0 Å². The highest BCUT2D eigenvalue weighted by molar-refractivity contribution is 5.37. The van der Waals surface area contributed by atoms with Crippen LogP contribution < -0.4 is 0 Å². The quantitative estimate of drug-likeness (QED) is 0.635. The Morgan fingerprint density at radius 2 is 1.83 bits per heavy atom. The zero-order chi connectivity index (χ0) is 8.97. The van der Waals surface area contributed by atoms with Crippen molar-refractivity contribution in [1.82, 2.24) is 0 Å². The molecule has 0 amide bonds. The van der Waals surface area contributed by atoms with E-state index in [0.29, 0.717) is 0 Å². The second-order valence-corrected chi connectivity index (χ2v) is 3.14. The van der Waals surface area contributed by atoms with Gasteiger partial charge in [-0.3, -0.25) is 0 Å². The van der Waals surface area contributed by atoms with Gasteiger partial charge >= 0.3 is 0 Å². The van der Waals surface area contributed by atoms with Gasteiger partial charge in [0.2, 0.25) is 0 Å². The van der Waals surface area contributed by atoms with Crippen molar-refractivity contribution in [3.8, 4) is 0 Å². The van der Waals surface area contributed by atoms with Gasteiger partial charge in [-0.15, -0.1) is 0 Å². The maximum atomic E-state index is 2.22. The van der Waals surface area contributed by atoms with E-state index in [-0.39, 0.29) is 0 Å². The first-order valence-electron chi connectivity index (χ1n) is 4.70. The van der Waals surface area contributed by atoms with E-state index in [9.17, 15) is 0 Å². The molecule has 1 aromatic rings. The van der Waals surface area contributed by atoms with Crippen molar-refractivity contribution in [1.29, 1.82) is 0 Å². The normalized spacial score (nSPS) is 10.7. The summed E-state index contributed by atoms with van der Waals surface area (Å²) < 4.78 is 0. The van der Waals surface area contributed by atoms with Crippen LogP contribution in [0, 0.1) is 5.92 Å². The molecular weight excluding hydrogens is 144 g/mol. The fourth-order valence-electron chi connectivity index (χ4n) is 1.44. The molecule has 0 unspecified atom stereocenters. The van der Waals surface area contributed by atoms with Gasteiger partial charge in [0.25, 0.3) is 0 Å². The van der Waals surface area contributed by atoms with E-state index >= 15 is 0 Å². The first-order chi connectivity index (χ1) is 5.79. The highest BCUT2D eigenvalue weighted by Gasteiger charge is 2.06. The highest BCUT2D eigenvalue weighted by atomic mass is 14.1. The molecule has 1 aromatic carbocycles. The maximum Gasteiger partial charge on any atom is 0.00190 e. The molecular formula is C12H17. The van der Waals surface area contributed by atoms with Crippen molar-refractivity contribution < 1.29 is 0 Å². The molecule has 0 bridgehead atoms. The van der Waals surface area contributed by atoms with Crippen LogP contribution in [0.2, 0.25) is 0 Å². The second-order valence-electron chi connectivity index (χ2n) is 3.14. The minimum atomic E-state index is 1.13. The molecule has 0 saturated heterocycles. The van der Waals surface area contributed by atoms with Gasteiger partial charge in [-0.25, -0.2) is 0 Å². The number of rotatable bonds is 3. The fraction of sp³-hybridized carbons (Fsp3) is 0.417. The topological polar surface area (TPSA) is 0 Å². The van der Waals surface area contributed by atoms with Gasteiger partial charge in [-0.2, -0.15) is 0 Å². The summed E-state index contributed by atoms with van der Waals surface area (Å²) in [5.74, 6) is 1.49. The minimum absolute atomic E-state index is 1.13. The summed E-state index contributed by atoms with van der Waals surface area (Å²) in [4.78, 5) is 0. The number of hydrogen-bond donors (Lipinski definition) is 0. The fourth-order valence-corrected chi connectivity index (χ4v) is 1.44. The van der Waals surface area contributed by atoms with Gasteiger partial charge < -0.3 is 0 Å². The predicted octanol–water partition coefficient (Wildman–Crippen LogP) is 3.60. The van der Waals surface area contributed by atoms with E-state index in [2.05, 4.69) is 45.0 Å². The molecule has 0 N–H and O–H groups in total. The van der Waals surface area contributed by atoms with E-state index < -0.39 is 0 Å². The third-order valence-electron chi connectivity index (χ3n) is 2.39. The molecule has 0 aromatic heterocycles. The molecule has 0 fully saturated rings. The Morgan fingerprint density at radius 3 is 2.42 bits per heavy atom. The van der Waals surface area contributed by atoms with Crippen molar-refractivity contribution in [3.63, 3.8) is 0 Å². The van der Waals surface area contributed by atoms with E-state index in [1.807, 2.05) is 0 Å². The van der Waals surface area contributed by atoms with Crippen LogP contribution in [-0.4, -0.2) is 0 Å². The molecule has 0 aliphatic carbocycles. The van der Waals surface area contributed by atoms with Crippen LogP contribution in [0.25, 0.3) is 0 Å². The third kappa shape index (κ3) is 1.88. The van der Waals surface area contributed by atoms with Crippen molar-refractivity contribution in [3.05, 3.63) is 41.3 Å². The second kappa shape index (κ2) is 4.30. The lowest BCUT2D eigenvalue weighted by molar-refractivity contribution is 0.934. The molecule has 0 aliphatic heterocycles. The Labute approximate surface area is 75.6 Å². The van der Waals surface area contributed by atoms with Crippen molar-refractivity contribution in [2.24, 2.45) is 0 Å². The lowest BCUT2D eigenvalue weighted by Crippen LogP contribution is -1.97. The molecule has 65 valence electrons. The van der Waals surface area contributed by atoms with E-state index in [1.165, 1.54) is 17.0 Å². The number of benzene rings is 1. The lowest BCUT2D eigenvalue weighted by Gasteiger charge is -2.12. The van der Waals surface area contributed by atoms with Gasteiger partial charge in [-0.05, 0) is 24.0 Å². The van der Waals surface area contributed by atoms with Gasteiger partial charge in [0.1, 0.15) is 0 Å². The van der Waals surface area contributed by atoms with Crippen LogP contribution >= 0.6 is 0 Å². The Kier molecular flexibility index (Phi) is 3.33.